The van der Waals surface area contributed by atoms with Gasteiger partial charge in [-0.3, -0.25) is 0 Å². The number of nitrogens with one attached hydrogen (secondary N) is 1. The van der Waals surface area contributed by atoms with Gasteiger partial charge in [0.15, 0.2) is 0 Å². The van der Waals surface area contributed by atoms with Crippen molar-refractivity contribution >= 4 is 15.7 Å². The first-order valence-electron chi connectivity index (χ1n) is 6.42. The third kappa shape index (κ3) is 3.34. The number of ether oxygens (including phenoxy) is 1. The van der Waals surface area contributed by atoms with Crippen molar-refractivity contribution in [1.82, 2.24) is 4.72 Å². The molecule has 0 aliphatic rings. The summed E-state index contributed by atoms with van der Waals surface area (Å²) in [5.41, 5.74) is 7.53. The molecule has 5 nitrogen and oxygen atoms in total. The summed E-state index contributed by atoms with van der Waals surface area (Å²) in [5, 5.41) is 0. The summed E-state index contributed by atoms with van der Waals surface area (Å²) < 4.78 is 32.5. The average Bonchev–Trinajstić information content (AvgIpc) is 2.48. The first-order valence-corrected chi connectivity index (χ1v) is 7.90. The van der Waals surface area contributed by atoms with E-state index >= 15 is 0 Å². The molecule has 0 aliphatic carbocycles. The summed E-state index contributed by atoms with van der Waals surface area (Å²) in [5.74, 6) is 0.643. The van der Waals surface area contributed by atoms with Crippen LogP contribution in [-0.4, -0.2) is 15.5 Å². The second-order valence-corrected chi connectivity index (χ2v) is 6.34. The lowest BCUT2D eigenvalue weighted by Gasteiger charge is -2.12. The van der Waals surface area contributed by atoms with E-state index in [1.165, 1.54) is 6.07 Å². The van der Waals surface area contributed by atoms with E-state index < -0.39 is 10.0 Å². The number of nitrogens with two attached hydrogens (primary N) is 1. The van der Waals surface area contributed by atoms with Gasteiger partial charge >= 0.3 is 0 Å². The summed E-state index contributed by atoms with van der Waals surface area (Å²) in [6.45, 7) is 1.84. The number of hydrogen-bond acceptors (Lipinski definition) is 4. The lowest BCUT2D eigenvalue weighted by Crippen LogP contribution is -2.24. The molecular weight excluding hydrogens is 288 g/mol. The number of hydrogen-bond donors (Lipinski definition) is 2. The summed E-state index contributed by atoms with van der Waals surface area (Å²) in [6.07, 6.45) is 0. The third-order valence-electron chi connectivity index (χ3n) is 3.26. The summed E-state index contributed by atoms with van der Waals surface area (Å²) in [4.78, 5) is 0.192. The minimum absolute atomic E-state index is 0.153. The lowest BCUT2D eigenvalue weighted by molar-refractivity contribution is 0.409. The molecule has 0 atom stereocenters. The summed E-state index contributed by atoms with van der Waals surface area (Å²) in [7, 11) is -2.07. The number of methoxy groups -OCH3 is 1. The highest BCUT2D eigenvalue weighted by Gasteiger charge is 2.18. The Morgan fingerprint density at radius 3 is 2.57 bits per heavy atom. The highest BCUT2D eigenvalue weighted by molar-refractivity contribution is 7.89. The smallest absolute Gasteiger partial charge is 0.241 e. The van der Waals surface area contributed by atoms with Crippen molar-refractivity contribution in [3.8, 4) is 5.75 Å². The first-order chi connectivity index (χ1) is 9.95. The van der Waals surface area contributed by atoms with Gasteiger partial charge in [-0.15, -0.1) is 0 Å². The van der Waals surface area contributed by atoms with Crippen LogP contribution in [0, 0.1) is 6.92 Å². The van der Waals surface area contributed by atoms with Crippen molar-refractivity contribution in [1.29, 1.82) is 0 Å². The molecule has 0 heterocycles. The van der Waals surface area contributed by atoms with Crippen LogP contribution in [0.1, 0.15) is 11.1 Å². The molecule has 0 aliphatic heterocycles. The van der Waals surface area contributed by atoms with E-state index in [1.807, 2.05) is 18.2 Å². The minimum Gasteiger partial charge on any atom is -0.496 e. The van der Waals surface area contributed by atoms with Crippen LogP contribution in [0.5, 0.6) is 5.75 Å². The number of sulfonamides is 1. The summed E-state index contributed by atoms with van der Waals surface area (Å²) in [6, 6.07) is 12.1. The molecule has 0 radical (unpaired) electrons. The van der Waals surface area contributed by atoms with E-state index in [2.05, 4.69) is 4.72 Å². The van der Waals surface area contributed by atoms with E-state index in [4.69, 9.17) is 10.5 Å². The Kier molecular flexibility index (Phi) is 4.50. The van der Waals surface area contributed by atoms with Gasteiger partial charge in [0.1, 0.15) is 5.75 Å². The fourth-order valence-electron chi connectivity index (χ4n) is 2.02. The largest absolute Gasteiger partial charge is 0.496 e. The Labute approximate surface area is 124 Å². The number of benzene rings is 2. The normalized spacial score (nSPS) is 11.3. The maximum Gasteiger partial charge on any atom is 0.241 e. The van der Waals surface area contributed by atoms with E-state index in [1.54, 1.807) is 32.2 Å². The van der Waals surface area contributed by atoms with Crippen LogP contribution < -0.4 is 15.2 Å². The highest BCUT2D eigenvalue weighted by Crippen LogP contribution is 2.22. The quantitative estimate of drug-likeness (QED) is 0.829. The van der Waals surface area contributed by atoms with Crippen molar-refractivity contribution in [2.45, 2.75) is 18.4 Å². The highest BCUT2D eigenvalue weighted by atomic mass is 32.2. The number of nitrogen functional groups attached to an aromatic ring is 1. The zero-order chi connectivity index (χ0) is 15.5. The van der Waals surface area contributed by atoms with Crippen LogP contribution in [0.25, 0.3) is 0 Å². The maximum absolute atomic E-state index is 12.4. The molecule has 2 aromatic rings. The first kappa shape index (κ1) is 15.3. The second-order valence-electron chi connectivity index (χ2n) is 4.61. The zero-order valence-corrected chi connectivity index (χ0v) is 12.8. The van der Waals surface area contributed by atoms with Crippen molar-refractivity contribution in [2.75, 3.05) is 12.8 Å². The molecule has 112 valence electrons. The van der Waals surface area contributed by atoms with Crippen LogP contribution in [0.15, 0.2) is 47.4 Å². The van der Waals surface area contributed by atoms with Gasteiger partial charge in [-0.2, -0.15) is 0 Å². The molecule has 6 heteroatoms. The van der Waals surface area contributed by atoms with Gasteiger partial charge < -0.3 is 10.5 Å². The van der Waals surface area contributed by atoms with Crippen molar-refractivity contribution in [3.63, 3.8) is 0 Å². The lowest BCUT2D eigenvalue weighted by atomic mass is 10.2. The Morgan fingerprint density at radius 2 is 1.86 bits per heavy atom. The molecule has 0 aromatic heterocycles. The molecule has 0 fully saturated rings. The Balaban J connectivity index is 2.24. The van der Waals surface area contributed by atoms with Crippen LogP contribution in [0.4, 0.5) is 5.69 Å². The van der Waals surface area contributed by atoms with Gasteiger partial charge in [-0.25, -0.2) is 13.1 Å². The molecule has 21 heavy (non-hydrogen) atoms. The predicted octanol–water partition coefficient (Wildman–Crippen LogP) is 2.06. The number of para-hydroxylation sites is 1. The second kappa shape index (κ2) is 6.15. The third-order valence-corrected chi connectivity index (χ3v) is 4.81. The van der Waals surface area contributed by atoms with Crippen molar-refractivity contribution in [3.05, 3.63) is 53.6 Å². The van der Waals surface area contributed by atoms with Gasteiger partial charge in [0.25, 0.3) is 0 Å². The molecule has 0 saturated carbocycles. The number of rotatable bonds is 5. The Morgan fingerprint density at radius 1 is 1.14 bits per heavy atom. The van der Waals surface area contributed by atoms with E-state index in [-0.39, 0.29) is 11.4 Å². The van der Waals surface area contributed by atoms with Gasteiger partial charge in [-0.1, -0.05) is 24.3 Å². The molecule has 2 rings (SSSR count). The molecule has 0 saturated heterocycles. The van der Waals surface area contributed by atoms with Crippen molar-refractivity contribution in [2.24, 2.45) is 0 Å². The molecule has 0 amide bonds. The van der Waals surface area contributed by atoms with Gasteiger partial charge in [0.05, 0.1) is 12.0 Å². The van der Waals surface area contributed by atoms with Gasteiger partial charge in [-0.05, 0) is 30.7 Å². The average molecular weight is 306 g/mol. The molecule has 0 bridgehead atoms. The Hall–Kier alpha value is -2.05. The molecule has 0 spiro atoms. The van der Waals surface area contributed by atoms with E-state index in [9.17, 15) is 8.42 Å². The topological polar surface area (TPSA) is 81.4 Å². The summed E-state index contributed by atoms with van der Waals surface area (Å²) >= 11 is 0. The van der Waals surface area contributed by atoms with Gasteiger partial charge in [0.2, 0.25) is 10.0 Å². The zero-order valence-electron chi connectivity index (χ0n) is 12.0. The standard InChI is InChI=1S/C15H18N2O3S/c1-11-13(16)7-5-9-15(11)21(18,19)17-10-12-6-3-4-8-14(12)20-2/h3-9,17H,10,16H2,1-2H3. The fraction of sp³-hybridized carbons (Fsp3) is 0.200. The van der Waals surface area contributed by atoms with Crippen LogP contribution >= 0.6 is 0 Å². The van der Waals surface area contributed by atoms with Crippen LogP contribution in [0.3, 0.4) is 0 Å². The predicted molar refractivity (Wildman–Crippen MR) is 82.6 cm³/mol. The van der Waals surface area contributed by atoms with E-state index in [0.29, 0.717) is 17.0 Å². The SMILES string of the molecule is COc1ccccc1CNS(=O)(=O)c1cccc(N)c1C. The van der Waals surface area contributed by atoms with Crippen LogP contribution in [0.2, 0.25) is 0 Å². The fourth-order valence-corrected chi connectivity index (χ4v) is 3.30. The molecular formula is C15H18N2O3S. The monoisotopic (exact) mass is 306 g/mol. The van der Waals surface area contributed by atoms with E-state index in [0.717, 1.165) is 5.56 Å². The maximum atomic E-state index is 12.4. The number of anilines is 1. The molecule has 2 aromatic carbocycles. The van der Waals surface area contributed by atoms with Gasteiger partial charge in [0, 0.05) is 17.8 Å². The Bertz CT molecular complexity index is 742. The molecule has 3 N–H and O–H groups in total. The van der Waals surface area contributed by atoms with Crippen molar-refractivity contribution < 1.29 is 13.2 Å². The van der Waals surface area contributed by atoms with Crippen LogP contribution in [-0.2, 0) is 16.6 Å². The molecule has 0 unspecified atom stereocenters. The minimum atomic E-state index is -3.62.